The second-order valence-electron chi connectivity index (χ2n) is 6.68. The van der Waals surface area contributed by atoms with Crippen LogP contribution in [0.5, 0.6) is 0 Å². The summed E-state index contributed by atoms with van der Waals surface area (Å²) in [4.78, 5) is 30.6. The van der Waals surface area contributed by atoms with Crippen molar-refractivity contribution in [1.29, 1.82) is 0 Å². The van der Waals surface area contributed by atoms with E-state index in [9.17, 15) is 9.59 Å². The normalized spacial score (nSPS) is 20.2. The van der Waals surface area contributed by atoms with Gasteiger partial charge in [-0.1, -0.05) is 0 Å². The molecule has 2 aromatic heterocycles. The predicted molar refractivity (Wildman–Crippen MR) is 87.9 cm³/mol. The Morgan fingerprint density at radius 2 is 2.17 bits per heavy atom. The molecule has 0 spiro atoms. The summed E-state index contributed by atoms with van der Waals surface area (Å²) in [6.07, 6.45) is 7.21. The number of carbonyl (C=O) groups excluding carboxylic acids is 1. The lowest BCUT2D eigenvalue weighted by molar-refractivity contribution is 0.0704. The van der Waals surface area contributed by atoms with E-state index in [1.165, 1.54) is 0 Å². The fourth-order valence-electron chi connectivity index (χ4n) is 3.87. The minimum Gasteiger partial charge on any atom is -0.338 e. The van der Waals surface area contributed by atoms with Gasteiger partial charge in [-0.15, -0.1) is 0 Å². The first-order chi connectivity index (χ1) is 11.6. The summed E-state index contributed by atoms with van der Waals surface area (Å²) in [5.74, 6) is 1.12. The fourth-order valence-corrected chi connectivity index (χ4v) is 3.87. The Morgan fingerprint density at radius 3 is 2.96 bits per heavy atom. The third kappa shape index (κ3) is 2.64. The average Bonchev–Trinajstić information content (AvgIpc) is 3.22. The van der Waals surface area contributed by atoms with Crippen molar-refractivity contribution in [1.82, 2.24) is 24.2 Å². The van der Waals surface area contributed by atoms with Crippen LogP contribution in [0, 0.1) is 0 Å². The molecule has 0 unspecified atom stereocenters. The van der Waals surface area contributed by atoms with Crippen molar-refractivity contribution in [2.75, 3.05) is 13.1 Å². The molecule has 0 N–H and O–H groups in total. The molecule has 7 nitrogen and oxygen atoms in total. The van der Waals surface area contributed by atoms with E-state index in [2.05, 4.69) is 14.6 Å². The maximum absolute atomic E-state index is 12.7. The molecule has 126 valence electrons. The van der Waals surface area contributed by atoms with Gasteiger partial charge in [0.05, 0.1) is 11.8 Å². The number of amides is 1. The summed E-state index contributed by atoms with van der Waals surface area (Å²) >= 11 is 0. The Labute approximate surface area is 139 Å². The van der Waals surface area contributed by atoms with Crippen LogP contribution < -0.4 is 5.56 Å². The van der Waals surface area contributed by atoms with Crippen molar-refractivity contribution >= 4 is 5.91 Å². The zero-order chi connectivity index (χ0) is 16.7. The topological polar surface area (TPSA) is 73.0 Å². The van der Waals surface area contributed by atoms with E-state index in [0.717, 1.165) is 50.3 Å². The van der Waals surface area contributed by atoms with Gasteiger partial charge in [0.1, 0.15) is 5.82 Å². The Hall–Kier alpha value is -2.44. The van der Waals surface area contributed by atoms with Crippen LogP contribution >= 0.6 is 0 Å². The Balaban J connectivity index is 1.60. The molecule has 1 atom stereocenters. The van der Waals surface area contributed by atoms with E-state index in [4.69, 9.17) is 0 Å². The molecule has 2 aliphatic heterocycles. The molecule has 24 heavy (non-hydrogen) atoms. The van der Waals surface area contributed by atoms with E-state index < -0.39 is 0 Å². The molecule has 4 rings (SSSR count). The van der Waals surface area contributed by atoms with Crippen molar-refractivity contribution in [3.63, 3.8) is 0 Å². The SMILES string of the molecule is Cn1cc(C(=O)N2CCC[C@H](c3cc(=O)nc4n3CCC4)C2)cn1. The average molecular weight is 327 g/mol. The first-order valence-electron chi connectivity index (χ1n) is 8.50. The Kier molecular flexibility index (Phi) is 3.70. The van der Waals surface area contributed by atoms with Gasteiger partial charge in [-0.05, 0) is 19.3 Å². The molecule has 0 radical (unpaired) electrons. The van der Waals surface area contributed by atoms with Crippen LogP contribution in [0.15, 0.2) is 23.3 Å². The summed E-state index contributed by atoms with van der Waals surface area (Å²) in [5.41, 5.74) is 1.51. The van der Waals surface area contributed by atoms with Crippen LogP contribution in [0.4, 0.5) is 0 Å². The highest BCUT2D eigenvalue weighted by Crippen LogP contribution is 2.29. The molecule has 0 aromatic carbocycles. The maximum atomic E-state index is 12.7. The molecule has 1 saturated heterocycles. The van der Waals surface area contributed by atoms with E-state index in [-0.39, 0.29) is 17.4 Å². The smallest absolute Gasteiger partial charge is 0.273 e. The Bertz CT molecular complexity index is 838. The molecule has 2 aliphatic rings. The minimum absolute atomic E-state index is 0.0193. The van der Waals surface area contributed by atoms with Crippen LogP contribution in [-0.4, -0.2) is 43.2 Å². The van der Waals surface area contributed by atoms with E-state index in [1.54, 1.807) is 23.1 Å². The minimum atomic E-state index is -0.158. The first kappa shape index (κ1) is 15.1. The monoisotopic (exact) mass is 327 g/mol. The van der Waals surface area contributed by atoms with Gasteiger partial charge in [-0.3, -0.25) is 14.3 Å². The molecule has 0 aliphatic carbocycles. The first-order valence-corrected chi connectivity index (χ1v) is 8.50. The van der Waals surface area contributed by atoms with Crippen molar-refractivity contribution in [2.45, 2.75) is 38.1 Å². The van der Waals surface area contributed by atoms with Gasteiger partial charge in [0, 0.05) is 57.0 Å². The molecule has 0 bridgehead atoms. The van der Waals surface area contributed by atoms with E-state index >= 15 is 0 Å². The quantitative estimate of drug-likeness (QED) is 0.823. The maximum Gasteiger partial charge on any atom is 0.273 e. The highest BCUT2D eigenvalue weighted by Gasteiger charge is 2.29. The number of aryl methyl sites for hydroxylation is 2. The standard InChI is InChI=1S/C17H21N5O2/c1-20-10-13(9-18-20)17(24)21-6-2-4-12(11-21)14-8-16(23)19-15-5-3-7-22(14)15/h8-10,12H,2-7,11H2,1H3/t12-/m0/s1. The number of fused-ring (bicyclic) bond motifs is 1. The largest absolute Gasteiger partial charge is 0.338 e. The molecule has 0 saturated carbocycles. The summed E-state index contributed by atoms with van der Waals surface area (Å²) < 4.78 is 3.83. The van der Waals surface area contributed by atoms with Crippen LogP contribution in [0.2, 0.25) is 0 Å². The summed E-state index contributed by atoms with van der Waals surface area (Å²) in [5, 5.41) is 4.08. The zero-order valence-corrected chi connectivity index (χ0v) is 13.8. The van der Waals surface area contributed by atoms with Gasteiger partial charge in [-0.25, -0.2) is 0 Å². The number of rotatable bonds is 2. The number of likely N-dealkylation sites (tertiary alicyclic amines) is 1. The number of hydrogen-bond donors (Lipinski definition) is 0. The number of aromatic nitrogens is 4. The van der Waals surface area contributed by atoms with Gasteiger partial charge in [0.2, 0.25) is 0 Å². The third-order valence-electron chi connectivity index (χ3n) is 4.99. The van der Waals surface area contributed by atoms with Gasteiger partial charge in [-0.2, -0.15) is 10.1 Å². The van der Waals surface area contributed by atoms with Crippen LogP contribution in [-0.2, 0) is 20.0 Å². The molecular formula is C17H21N5O2. The lowest BCUT2D eigenvalue weighted by Crippen LogP contribution is -2.40. The predicted octanol–water partition coefficient (Wildman–Crippen LogP) is 0.943. The second-order valence-corrected chi connectivity index (χ2v) is 6.68. The van der Waals surface area contributed by atoms with E-state index in [1.807, 2.05) is 11.9 Å². The van der Waals surface area contributed by atoms with Crippen molar-refractivity contribution < 1.29 is 4.79 Å². The number of piperidine rings is 1. The summed E-state index contributed by atoms with van der Waals surface area (Å²) in [7, 11) is 1.81. The van der Waals surface area contributed by atoms with Gasteiger partial charge in [0.15, 0.2) is 0 Å². The lowest BCUT2D eigenvalue weighted by atomic mass is 9.93. The van der Waals surface area contributed by atoms with Crippen LogP contribution in [0.3, 0.4) is 0 Å². The molecule has 2 aromatic rings. The number of hydrogen-bond acceptors (Lipinski definition) is 4. The summed E-state index contributed by atoms with van der Waals surface area (Å²) in [6.45, 7) is 2.33. The molecule has 4 heterocycles. The van der Waals surface area contributed by atoms with Gasteiger partial charge < -0.3 is 9.47 Å². The van der Waals surface area contributed by atoms with Crippen LogP contribution in [0.25, 0.3) is 0 Å². The third-order valence-corrected chi connectivity index (χ3v) is 4.99. The highest BCUT2D eigenvalue weighted by atomic mass is 16.2. The molecular weight excluding hydrogens is 306 g/mol. The van der Waals surface area contributed by atoms with Gasteiger partial charge >= 0.3 is 0 Å². The zero-order valence-electron chi connectivity index (χ0n) is 13.8. The fraction of sp³-hybridized carbons (Fsp3) is 0.529. The van der Waals surface area contributed by atoms with Crippen LogP contribution in [0.1, 0.15) is 47.1 Å². The van der Waals surface area contributed by atoms with Gasteiger partial charge in [0.25, 0.3) is 11.5 Å². The molecule has 1 amide bonds. The van der Waals surface area contributed by atoms with Crippen molar-refractivity contribution in [3.05, 3.63) is 45.9 Å². The Morgan fingerprint density at radius 1 is 1.29 bits per heavy atom. The highest BCUT2D eigenvalue weighted by molar-refractivity contribution is 5.93. The molecule has 1 fully saturated rings. The second kappa shape index (κ2) is 5.89. The number of nitrogens with zero attached hydrogens (tertiary/aromatic N) is 5. The molecule has 7 heteroatoms. The lowest BCUT2D eigenvalue weighted by Gasteiger charge is -2.33. The van der Waals surface area contributed by atoms with E-state index in [0.29, 0.717) is 12.1 Å². The van der Waals surface area contributed by atoms with Crippen molar-refractivity contribution in [3.8, 4) is 0 Å². The summed E-state index contributed by atoms with van der Waals surface area (Å²) in [6, 6.07) is 1.66. The number of carbonyl (C=O) groups is 1. The van der Waals surface area contributed by atoms with Crippen molar-refractivity contribution in [2.24, 2.45) is 7.05 Å².